The van der Waals surface area contributed by atoms with Crippen LogP contribution >= 0.6 is 11.6 Å². The largest absolute Gasteiger partial charge is 0.481 e. The molecule has 7 heteroatoms. The van der Waals surface area contributed by atoms with E-state index in [-0.39, 0.29) is 12.5 Å². The zero-order valence-electron chi connectivity index (χ0n) is 14.1. The van der Waals surface area contributed by atoms with Crippen LogP contribution in [-0.4, -0.2) is 36.5 Å². The molecule has 1 saturated carbocycles. The van der Waals surface area contributed by atoms with Crippen molar-refractivity contribution in [2.75, 3.05) is 0 Å². The molecule has 3 unspecified atom stereocenters. The van der Waals surface area contributed by atoms with Crippen LogP contribution in [0.25, 0.3) is 0 Å². The lowest BCUT2D eigenvalue weighted by molar-refractivity contribution is -0.169. The van der Waals surface area contributed by atoms with Crippen LogP contribution < -0.4 is 0 Å². The summed E-state index contributed by atoms with van der Waals surface area (Å²) in [6.07, 6.45) is 5.47. The Bertz CT molecular complexity index is 735. The van der Waals surface area contributed by atoms with E-state index in [0.717, 1.165) is 12.0 Å². The molecule has 3 rings (SSSR count). The van der Waals surface area contributed by atoms with Crippen molar-refractivity contribution >= 4 is 17.6 Å². The van der Waals surface area contributed by atoms with Gasteiger partial charge < -0.3 is 10.2 Å². The van der Waals surface area contributed by atoms with E-state index in [0.29, 0.717) is 24.3 Å². The molecule has 0 aliphatic heterocycles. The summed E-state index contributed by atoms with van der Waals surface area (Å²) in [6.45, 7) is 1.76. The number of carboxylic acid groups (broad SMARTS) is 1. The normalized spacial score (nSPS) is 29.0. The predicted octanol–water partition coefficient (Wildman–Crippen LogP) is 2.80. The van der Waals surface area contributed by atoms with E-state index in [1.165, 1.54) is 17.3 Å². The van der Waals surface area contributed by atoms with Gasteiger partial charge in [-0.05, 0) is 56.2 Å². The Kier molecular flexibility index (Phi) is 4.84. The molecule has 0 radical (unpaired) electrons. The number of aliphatic carboxylic acids is 1. The summed E-state index contributed by atoms with van der Waals surface area (Å²) in [4.78, 5) is 15.8. The van der Waals surface area contributed by atoms with Crippen LogP contribution in [0.2, 0.25) is 5.02 Å². The third kappa shape index (κ3) is 3.28. The van der Waals surface area contributed by atoms with Gasteiger partial charge in [-0.1, -0.05) is 23.7 Å². The molecular formula is C18H22ClN3O3. The molecule has 3 atom stereocenters. The Morgan fingerprint density at radius 3 is 2.72 bits per heavy atom. The molecule has 6 nitrogen and oxygen atoms in total. The lowest BCUT2D eigenvalue weighted by Crippen LogP contribution is -2.54. The SMILES string of the molecule is CC1(C(=O)O)CCC(CCc2ccc(Cl)cc2)C1(O)Cn1cncn1. The second-order valence-corrected chi connectivity index (χ2v) is 7.49. The second kappa shape index (κ2) is 6.77. The van der Waals surface area contributed by atoms with Crippen molar-refractivity contribution in [3.63, 3.8) is 0 Å². The van der Waals surface area contributed by atoms with E-state index < -0.39 is 17.0 Å². The van der Waals surface area contributed by atoms with Gasteiger partial charge in [0.15, 0.2) is 0 Å². The summed E-state index contributed by atoms with van der Waals surface area (Å²) in [5.41, 5.74) is -1.46. The Balaban J connectivity index is 1.81. The van der Waals surface area contributed by atoms with Crippen LogP contribution in [-0.2, 0) is 17.8 Å². The van der Waals surface area contributed by atoms with Gasteiger partial charge in [0.05, 0.1) is 12.0 Å². The minimum absolute atomic E-state index is 0.126. The fraction of sp³-hybridized carbons (Fsp3) is 0.500. The number of carboxylic acids is 1. The molecule has 0 spiro atoms. The Morgan fingerprint density at radius 2 is 2.12 bits per heavy atom. The summed E-state index contributed by atoms with van der Waals surface area (Å²) in [7, 11) is 0. The van der Waals surface area contributed by atoms with Crippen molar-refractivity contribution < 1.29 is 15.0 Å². The van der Waals surface area contributed by atoms with Gasteiger partial charge in [-0.2, -0.15) is 5.10 Å². The number of benzene rings is 1. The summed E-state index contributed by atoms with van der Waals surface area (Å²) in [5, 5.41) is 25.9. The molecule has 1 aromatic carbocycles. The molecule has 134 valence electrons. The monoisotopic (exact) mass is 363 g/mol. The van der Waals surface area contributed by atoms with Crippen molar-refractivity contribution in [3.8, 4) is 0 Å². The first kappa shape index (κ1) is 17.9. The van der Waals surface area contributed by atoms with Crippen molar-refractivity contribution in [2.24, 2.45) is 11.3 Å². The number of nitrogens with zero attached hydrogens (tertiary/aromatic N) is 3. The number of hydrogen-bond acceptors (Lipinski definition) is 4. The van der Waals surface area contributed by atoms with Crippen LogP contribution in [0.5, 0.6) is 0 Å². The lowest BCUT2D eigenvalue weighted by atomic mass is 9.71. The predicted molar refractivity (Wildman–Crippen MR) is 93.2 cm³/mol. The highest BCUT2D eigenvalue weighted by molar-refractivity contribution is 6.30. The van der Waals surface area contributed by atoms with E-state index in [2.05, 4.69) is 10.1 Å². The van der Waals surface area contributed by atoms with E-state index in [1.54, 1.807) is 6.92 Å². The highest BCUT2D eigenvalue weighted by Crippen LogP contribution is 2.52. The van der Waals surface area contributed by atoms with Gasteiger partial charge in [0, 0.05) is 5.02 Å². The average molecular weight is 364 g/mol. The summed E-state index contributed by atoms with van der Waals surface area (Å²) in [5.74, 6) is -1.10. The van der Waals surface area contributed by atoms with Gasteiger partial charge in [0.2, 0.25) is 0 Å². The fourth-order valence-electron chi connectivity index (χ4n) is 3.90. The number of aromatic nitrogens is 3. The molecule has 2 aromatic rings. The summed E-state index contributed by atoms with van der Waals surface area (Å²) < 4.78 is 1.52. The van der Waals surface area contributed by atoms with Crippen molar-refractivity contribution in [2.45, 2.75) is 44.8 Å². The van der Waals surface area contributed by atoms with Gasteiger partial charge in [-0.3, -0.25) is 9.48 Å². The van der Waals surface area contributed by atoms with Crippen molar-refractivity contribution in [3.05, 3.63) is 47.5 Å². The molecule has 2 N–H and O–H groups in total. The number of hydrogen-bond donors (Lipinski definition) is 2. The maximum Gasteiger partial charge on any atom is 0.312 e. The van der Waals surface area contributed by atoms with Crippen molar-refractivity contribution in [1.29, 1.82) is 0 Å². The second-order valence-electron chi connectivity index (χ2n) is 7.06. The maximum absolute atomic E-state index is 11.9. The van der Waals surface area contributed by atoms with Crippen LogP contribution in [0.3, 0.4) is 0 Å². The number of carbonyl (C=O) groups is 1. The Labute approximate surface area is 151 Å². The fourth-order valence-corrected chi connectivity index (χ4v) is 4.03. The van der Waals surface area contributed by atoms with E-state index >= 15 is 0 Å². The van der Waals surface area contributed by atoms with Gasteiger partial charge >= 0.3 is 5.97 Å². The van der Waals surface area contributed by atoms with Gasteiger partial charge in [0.25, 0.3) is 0 Å². The quantitative estimate of drug-likeness (QED) is 0.823. The van der Waals surface area contributed by atoms with Crippen molar-refractivity contribution in [1.82, 2.24) is 14.8 Å². The van der Waals surface area contributed by atoms with Crippen LogP contribution in [0.1, 0.15) is 31.7 Å². The zero-order valence-corrected chi connectivity index (χ0v) is 14.9. The molecule has 1 aliphatic rings. The average Bonchev–Trinajstić information content (AvgIpc) is 3.16. The lowest BCUT2D eigenvalue weighted by Gasteiger charge is -2.40. The molecule has 25 heavy (non-hydrogen) atoms. The first-order valence-electron chi connectivity index (χ1n) is 8.38. The van der Waals surface area contributed by atoms with Crippen LogP contribution in [0, 0.1) is 11.3 Å². The molecule has 1 aliphatic carbocycles. The highest BCUT2D eigenvalue weighted by atomic mass is 35.5. The van der Waals surface area contributed by atoms with Gasteiger partial charge in [-0.25, -0.2) is 4.98 Å². The minimum Gasteiger partial charge on any atom is -0.481 e. The third-order valence-corrected chi connectivity index (χ3v) is 5.91. The van der Waals surface area contributed by atoms with Gasteiger partial charge in [-0.15, -0.1) is 0 Å². The van der Waals surface area contributed by atoms with E-state index in [9.17, 15) is 15.0 Å². The number of aryl methyl sites for hydroxylation is 1. The van der Waals surface area contributed by atoms with Gasteiger partial charge in [0.1, 0.15) is 18.3 Å². The topological polar surface area (TPSA) is 88.2 Å². The molecule has 1 heterocycles. The molecule has 0 bridgehead atoms. The third-order valence-electron chi connectivity index (χ3n) is 5.66. The van der Waals surface area contributed by atoms with Crippen LogP contribution in [0.15, 0.2) is 36.9 Å². The molecule has 0 amide bonds. The Hall–Kier alpha value is -1.92. The Morgan fingerprint density at radius 1 is 1.40 bits per heavy atom. The molecular weight excluding hydrogens is 342 g/mol. The zero-order chi connectivity index (χ0) is 18.1. The molecule has 0 saturated heterocycles. The summed E-state index contributed by atoms with van der Waals surface area (Å²) >= 11 is 5.92. The molecule has 1 fully saturated rings. The highest BCUT2D eigenvalue weighted by Gasteiger charge is 2.61. The smallest absolute Gasteiger partial charge is 0.312 e. The number of halogens is 1. The van der Waals surface area contributed by atoms with E-state index in [1.807, 2.05) is 24.3 Å². The van der Waals surface area contributed by atoms with E-state index in [4.69, 9.17) is 11.6 Å². The summed E-state index contributed by atoms with van der Waals surface area (Å²) in [6, 6.07) is 7.61. The minimum atomic E-state index is -1.38. The standard InChI is InChI=1S/C18H22ClN3O3/c1-17(16(23)24)9-8-14(5-2-13-3-6-15(19)7-4-13)18(17,25)10-22-12-20-11-21-22/h3-4,6-7,11-12,14,25H,2,5,8-10H2,1H3,(H,23,24). The number of aliphatic hydroxyl groups is 1. The molecule has 1 aromatic heterocycles. The maximum atomic E-state index is 11.9. The first-order valence-corrected chi connectivity index (χ1v) is 8.75. The first-order chi connectivity index (χ1) is 11.8. The number of rotatable bonds is 6. The van der Waals surface area contributed by atoms with Crippen LogP contribution in [0.4, 0.5) is 0 Å².